The first-order valence-corrected chi connectivity index (χ1v) is 22.0. The van der Waals surface area contributed by atoms with Crippen molar-refractivity contribution in [3.05, 3.63) is 255 Å². The molecule has 0 bridgehead atoms. The number of hydrogen-bond acceptors (Lipinski definition) is 1. The van der Waals surface area contributed by atoms with Gasteiger partial charge < -0.3 is 9.47 Å². The quantitative estimate of drug-likeness (QED) is 0.148. The second-order valence-corrected chi connectivity index (χ2v) is 16.5. The molecule has 0 aliphatic heterocycles. The fourth-order valence-corrected chi connectivity index (χ4v) is 9.84. The Morgan fingerprint density at radius 1 is 0.250 bits per heavy atom. The summed E-state index contributed by atoms with van der Waals surface area (Å²) >= 11 is 0. The molecule has 0 unspecified atom stereocenters. The lowest BCUT2D eigenvalue weighted by molar-refractivity contribution is 1.18. The zero-order valence-corrected chi connectivity index (χ0v) is 35.1. The Morgan fingerprint density at radius 2 is 0.719 bits per heavy atom. The van der Waals surface area contributed by atoms with Crippen LogP contribution in [0.15, 0.2) is 255 Å². The fourth-order valence-electron chi connectivity index (χ4n) is 9.84. The van der Waals surface area contributed by atoms with E-state index in [-0.39, 0.29) is 0 Å². The number of aromatic nitrogens is 1. The van der Waals surface area contributed by atoms with E-state index in [0.717, 1.165) is 28.3 Å². The van der Waals surface area contributed by atoms with Crippen LogP contribution in [-0.2, 0) is 0 Å². The monoisotopic (exact) mass is 814 g/mol. The van der Waals surface area contributed by atoms with Gasteiger partial charge in [0.05, 0.1) is 11.0 Å². The topological polar surface area (TPSA) is 8.17 Å². The van der Waals surface area contributed by atoms with Crippen LogP contribution in [0.25, 0.3) is 93.5 Å². The first-order valence-electron chi connectivity index (χ1n) is 22.0. The molecule has 0 fully saturated rings. The van der Waals surface area contributed by atoms with E-state index in [1.165, 1.54) is 82.3 Å². The summed E-state index contributed by atoms with van der Waals surface area (Å²) in [5.41, 5.74) is 16.3. The van der Waals surface area contributed by atoms with E-state index in [1.54, 1.807) is 0 Å². The van der Waals surface area contributed by atoms with Crippen LogP contribution in [0.5, 0.6) is 0 Å². The maximum absolute atomic E-state index is 2.43. The largest absolute Gasteiger partial charge is 0.310 e. The molecule has 300 valence electrons. The Labute approximate surface area is 373 Å². The summed E-state index contributed by atoms with van der Waals surface area (Å²) in [7, 11) is 0. The van der Waals surface area contributed by atoms with Gasteiger partial charge in [-0.3, -0.25) is 0 Å². The number of hydrogen-bond donors (Lipinski definition) is 0. The summed E-state index contributed by atoms with van der Waals surface area (Å²) in [6, 6.07) is 92.8. The van der Waals surface area contributed by atoms with Gasteiger partial charge in [0.2, 0.25) is 0 Å². The SMILES string of the molecule is c1ccc(-c2ccccc2-c2ccc(N(c3ccc(-c4cccc5ccccc45)c(-c4cccc5ccccc45)c3)c3ccc4c5ccccc5n(-c5ccccc5)c4c3)cc2)cc1. The molecular weight excluding hydrogens is 773 g/mol. The number of anilines is 3. The molecule has 64 heavy (non-hydrogen) atoms. The average Bonchev–Trinajstić information content (AvgIpc) is 3.70. The second-order valence-electron chi connectivity index (χ2n) is 16.5. The third kappa shape index (κ3) is 6.44. The van der Waals surface area contributed by atoms with Crippen LogP contribution >= 0.6 is 0 Å². The molecule has 12 rings (SSSR count). The predicted octanol–water partition coefficient (Wildman–Crippen LogP) is 17.2. The summed E-state index contributed by atoms with van der Waals surface area (Å²) in [4.78, 5) is 2.43. The lowest BCUT2D eigenvalue weighted by Gasteiger charge is -2.28. The Bertz CT molecular complexity index is 3650. The van der Waals surface area contributed by atoms with Crippen molar-refractivity contribution in [3.8, 4) is 50.2 Å². The van der Waals surface area contributed by atoms with Crippen molar-refractivity contribution >= 4 is 60.4 Å². The Kier molecular flexibility index (Phi) is 9.20. The van der Waals surface area contributed by atoms with Crippen LogP contribution in [0.1, 0.15) is 0 Å². The van der Waals surface area contributed by atoms with Crippen LogP contribution in [0, 0.1) is 0 Å². The van der Waals surface area contributed by atoms with E-state index in [4.69, 9.17) is 0 Å². The van der Waals surface area contributed by atoms with Gasteiger partial charge in [-0.05, 0) is 121 Å². The number of para-hydroxylation sites is 2. The van der Waals surface area contributed by atoms with E-state index in [2.05, 4.69) is 264 Å². The van der Waals surface area contributed by atoms with Crippen LogP contribution in [0.3, 0.4) is 0 Å². The van der Waals surface area contributed by atoms with Gasteiger partial charge in [-0.1, -0.05) is 200 Å². The van der Waals surface area contributed by atoms with Crippen LogP contribution in [0.2, 0.25) is 0 Å². The van der Waals surface area contributed by atoms with Crippen molar-refractivity contribution in [1.82, 2.24) is 4.57 Å². The average molecular weight is 815 g/mol. The van der Waals surface area contributed by atoms with Gasteiger partial charge >= 0.3 is 0 Å². The molecule has 0 amide bonds. The molecule has 0 aliphatic carbocycles. The van der Waals surface area contributed by atoms with E-state index >= 15 is 0 Å². The number of rotatable bonds is 8. The van der Waals surface area contributed by atoms with Gasteiger partial charge in [0.25, 0.3) is 0 Å². The lowest BCUT2D eigenvalue weighted by atomic mass is 9.88. The molecule has 0 N–H and O–H groups in total. The summed E-state index contributed by atoms with van der Waals surface area (Å²) < 4.78 is 2.40. The highest BCUT2D eigenvalue weighted by molar-refractivity contribution is 6.11. The standard InChI is InChI=1S/C62H42N2/c1-3-17-43(18-4-1)51-25-11-12-26-52(51)46-33-35-48(36-34-46)63(50-38-40-59-58-29-13-14-32-61(58)64(62(59)42-50)47-23-5-2-6-24-47)49-37-39-57(55-30-15-21-44-19-7-9-27-53(44)55)60(41-49)56-31-16-22-45-20-8-10-28-54(45)56/h1-42H. The van der Waals surface area contributed by atoms with E-state index < -0.39 is 0 Å². The first-order chi connectivity index (χ1) is 31.8. The molecule has 0 spiro atoms. The third-order valence-corrected chi connectivity index (χ3v) is 12.8. The van der Waals surface area contributed by atoms with Crippen molar-refractivity contribution in [2.24, 2.45) is 0 Å². The lowest BCUT2D eigenvalue weighted by Crippen LogP contribution is -2.10. The number of nitrogens with zero attached hydrogens (tertiary/aromatic N) is 2. The van der Waals surface area contributed by atoms with Gasteiger partial charge in [0, 0.05) is 33.5 Å². The van der Waals surface area contributed by atoms with Crippen LogP contribution in [0.4, 0.5) is 17.1 Å². The number of benzene rings is 11. The van der Waals surface area contributed by atoms with E-state index in [1.807, 2.05) is 0 Å². The van der Waals surface area contributed by atoms with E-state index in [9.17, 15) is 0 Å². The molecule has 0 radical (unpaired) electrons. The van der Waals surface area contributed by atoms with E-state index in [0.29, 0.717) is 0 Å². The van der Waals surface area contributed by atoms with Gasteiger partial charge in [0.1, 0.15) is 0 Å². The molecular formula is C62H42N2. The molecule has 2 nitrogen and oxygen atoms in total. The molecule has 0 saturated carbocycles. The Hall–Kier alpha value is -8.46. The highest BCUT2D eigenvalue weighted by Crippen LogP contribution is 2.46. The van der Waals surface area contributed by atoms with Crippen molar-refractivity contribution < 1.29 is 0 Å². The summed E-state index contributed by atoms with van der Waals surface area (Å²) in [5.74, 6) is 0. The Morgan fingerprint density at radius 3 is 1.41 bits per heavy atom. The molecule has 1 heterocycles. The molecule has 12 aromatic rings. The van der Waals surface area contributed by atoms with Crippen molar-refractivity contribution in [3.63, 3.8) is 0 Å². The normalized spacial score (nSPS) is 11.4. The maximum Gasteiger partial charge on any atom is 0.0561 e. The predicted molar refractivity (Wildman–Crippen MR) is 272 cm³/mol. The third-order valence-electron chi connectivity index (χ3n) is 12.8. The molecule has 0 atom stereocenters. The minimum atomic E-state index is 1.07. The molecule has 1 aromatic heterocycles. The zero-order chi connectivity index (χ0) is 42.4. The zero-order valence-electron chi connectivity index (χ0n) is 35.1. The highest BCUT2D eigenvalue weighted by Gasteiger charge is 2.21. The second kappa shape index (κ2) is 15.8. The van der Waals surface area contributed by atoms with Crippen LogP contribution in [-0.4, -0.2) is 4.57 Å². The summed E-state index contributed by atoms with van der Waals surface area (Å²) in [6.07, 6.45) is 0. The summed E-state index contributed by atoms with van der Waals surface area (Å²) in [6.45, 7) is 0. The van der Waals surface area contributed by atoms with Gasteiger partial charge in [-0.15, -0.1) is 0 Å². The van der Waals surface area contributed by atoms with Crippen LogP contribution < -0.4 is 4.90 Å². The first kappa shape index (κ1) is 37.3. The van der Waals surface area contributed by atoms with Crippen molar-refractivity contribution in [1.29, 1.82) is 0 Å². The fraction of sp³-hybridized carbons (Fsp3) is 0. The van der Waals surface area contributed by atoms with Gasteiger partial charge in [0.15, 0.2) is 0 Å². The molecule has 11 aromatic carbocycles. The number of fused-ring (bicyclic) bond motifs is 5. The minimum absolute atomic E-state index is 1.07. The Balaban J connectivity index is 1.10. The molecule has 0 saturated heterocycles. The molecule has 2 heteroatoms. The van der Waals surface area contributed by atoms with Crippen molar-refractivity contribution in [2.75, 3.05) is 4.90 Å². The van der Waals surface area contributed by atoms with Gasteiger partial charge in [-0.2, -0.15) is 0 Å². The maximum atomic E-state index is 2.43. The summed E-state index contributed by atoms with van der Waals surface area (Å²) in [5, 5.41) is 7.37. The van der Waals surface area contributed by atoms with Crippen molar-refractivity contribution in [2.45, 2.75) is 0 Å². The molecule has 0 aliphatic rings. The highest BCUT2D eigenvalue weighted by atomic mass is 15.1. The minimum Gasteiger partial charge on any atom is -0.310 e. The van der Waals surface area contributed by atoms with Gasteiger partial charge in [-0.25, -0.2) is 0 Å². The smallest absolute Gasteiger partial charge is 0.0561 e.